The maximum absolute atomic E-state index is 5.11. The Morgan fingerprint density at radius 3 is 2.58 bits per heavy atom. The van der Waals surface area contributed by atoms with Gasteiger partial charge in [0.1, 0.15) is 6.61 Å². The average Bonchev–Trinajstić information content (AvgIpc) is 2.96. The highest BCUT2D eigenvalue weighted by atomic mass is 16.6. The number of hydrogen-bond donors (Lipinski definition) is 0. The van der Waals surface area contributed by atoms with Gasteiger partial charge in [0, 0.05) is 28.7 Å². The number of nitrogens with zero attached hydrogens (tertiary/aromatic N) is 2. The fourth-order valence-electron chi connectivity index (χ4n) is 3.44. The fourth-order valence-corrected chi connectivity index (χ4v) is 3.44. The van der Waals surface area contributed by atoms with E-state index in [1.54, 1.807) is 6.21 Å². The quantitative estimate of drug-likeness (QED) is 0.391. The van der Waals surface area contributed by atoms with E-state index in [0.29, 0.717) is 12.5 Å². The molecule has 0 fully saturated rings. The third kappa shape index (κ3) is 3.57. The van der Waals surface area contributed by atoms with Crippen molar-refractivity contribution in [3.8, 4) is 0 Å². The summed E-state index contributed by atoms with van der Waals surface area (Å²) in [5, 5.41) is 5.24. The van der Waals surface area contributed by atoms with Gasteiger partial charge in [0.2, 0.25) is 0 Å². The molecule has 0 saturated carbocycles. The van der Waals surface area contributed by atoms with Gasteiger partial charge in [-0.3, -0.25) is 0 Å². The van der Waals surface area contributed by atoms with Crippen LogP contribution in [0.2, 0.25) is 0 Å². The molecular formula is C23H26N2O. The topological polar surface area (TPSA) is 26.5 Å². The summed E-state index contributed by atoms with van der Waals surface area (Å²) in [6, 6.07) is 17.0. The monoisotopic (exact) mass is 346 g/mol. The van der Waals surface area contributed by atoms with Crippen molar-refractivity contribution in [1.29, 1.82) is 0 Å². The third-order valence-corrected chi connectivity index (χ3v) is 4.51. The first-order valence-corrected chi connectivity index (χ1v) is 9.13. The Kier molecular flexibility index (Phi) is 5.57. The number of hydrogen-bond acceptors (Lipinski definition) is 2. The van der Waals surface area contributed by atoms with Crippen LogP contribution in [0.1, 0.15) is 49.1 Å². The maximum atomic E-state index is 5.11. The van der Waals surface area contributed by atoms with Crippen LogP contribution in [0.3, 0.4) is 0 Å². The van der Waals surface area contributed by atoms with Gasteiger partial charge < -0.3 is 9.40 Å². The molecule has 3 heteroatoms. The highest BCUT2D eigenvalue weighted by Gasteiger charge is 2.18. The first kappa shape index (κ1) is 18.0. The van der Waals surface area contributed by atoms with Gasteiger partial charge in [0.05, 0.1) is 6.21 Å². The zero-order valence-electron chi connectivity index (χ0n) is 15.8. The molecule has 0 aliphatic heterocycles. The van der Waals surface area contributed by atoms with E-state index in [0.717, 1.165) is 12.1 Å². The van der Waals surface area contributed by atoms with E-state index in [-0.39, 0.29) is 0 Å². The zero-order chi connectivity index (χ0) is 18.5. The lowest BCUT2D eigenvalue weighted by atomic mass is 10.0. The first-order chi connectivity index (χ1) is 12.7. The van der Waals surface area contributed by atoms with Crippen molar-refractivity contribution in [3.63, 3.8) is 0 Å². The Balaban J connectivity index is 2.18. The zero-order valence-corrected chi connectivity index (χ0v) is 15.8. The van der Waals surface area contributed by atoms with E-state index in [9.17, 15) is 0 Å². The van der Waals surface area contributed by atoms with Crippen LogP contribution in [-0.2, 0) is 11.4 Å². The van der Waals surface area contributed by atoms with Crippen molar-refractivity contribution in [2.24, 2.45) is 5.16 Å². The van der Waals surface area contributed by atoms with Crippen LogP contribution in [0.5, 0.6) is 0 Å². The molecule has 134 valence electrons. The minimum absolute atomic E-state index is 0.402. The van der Waals surface area contributed by atoms with Gasteiger partial charge in [0.25, 0.3) is 0 Å². The standard InChI is InChI=1S/C23H26N2O/c1-5-20-21-13-12-19(15-24-26-6-2)14-22(21)25(23(20)17(3)4)16-18-10-8-7-9-11-18/h5,7-15,17H,1,6,16H2,2-4H3/b24-15+. The van der Waals surface area contributed by atoms with Gasteiger partial charge in [-0.2, -0.15) is 0 Å². The lowest BCUT2D eigenvalue weighted by Crippen LogP contribution is -2.06. The number of oxime groups is 1. The molecule has 0 saturated heterocycles. The predicted molar refractivity (Wildman–Crippen MR) is 111 cm³/mol. The van der Waals surface area contributed by atoms with Gasteiger partial charge in [-0.25, -0.2) is 0 Å². The molecule has 26 heavy (non-hydrogen) atoms. The number of benzene rings is 2. The fraction of sp³-hybridized carbons (Fsp3) is 0.261. The molecule has 0 amide bonds. The predicted octanol–water partition coefficient (Wildman–Crippen LogP) is 5.83. The normalized spacial score (nSPS) is 11.5. The molecule has 0 unspecified atom stereocenters. The van der Waals surface area contributed by atoms with Crippen molar-refractivity contribution in [2.75, 3.05) is 6.61 Å². The van der Waals surface area contributed by atoms with E-state index >= 15 is 0 Å². The molecule has 0 spiro atoms. The van der Waals surface area contributed by atoms with Crippen LogP contribution in [0.4, 0.5) is 0 Å². The summed E-state index contributed by atoms with van der Waals surface area (Å²) in [4.78, 5) is 5.11. The molecule has 0 aliphatic rings. The molecule has 0 N–H and O–H groups in total. The SMILES string of the molecule is C=Cc1c(C(C)C)n(Cc2ccccc2)c2cc(/C=N/OCC)ccc12. The number of rotatable bonds is 7. The van der Waals surface area contributed by atoms with Gasteiger partial charge in [-0.15, -0.1) is 0 Å². The van der Waals surface area contributed by atoms with Crippen molar-refractivity contribution in [3.05, 3.63) is 77.5 Å². The molecule has 0 radical (unpaired) electrons. The Morgan fingerprint density at radius 1 is 1.15 bits per heavy atom. The van der Waals surface area contributed by atoms with Gasteiger partial charge in [-0.05, 0) is 30.0 Å². The third-order valence-electron chi connectivity index (χ3n) is 4.51. The molecule has 1 heterocycles. The molecule has 0 atom stereocenters. The molecule has 0 aliphatic carbocycles. The van der Waals surface area contributed by atoms with Crippen molar-refractivity contribution >= 4 is 23.2 Å². The second-order valence-electron chi connectivity index (χ2n) is 6.66. The van der Waals surface area contributed by atoms with Crippen LogP contribution >= 0.6 is 0 Å². The molecule has 0 bridgehead atoms. The molecule has 3 aromatic rings. The summed E-state index contributed by atoms with van der Waals surface area (Å²) in [6.45, 7) is 11.9. The lowest BCUT2D eigenvalue weighted by Gasteiger charge is -2.15. The summed E-state index contributed by atoms with van der Waals surface area (Å²) in [5.74, 6) is 0.402. The minimum Gasteiger partial charge on any atom is -0.396 e. The summed E-state index contributed by atoms with van der Waals surface area (Å²) in [5.41, 5.74) is 6.06. The highest BCUT2D eigenvalue weighted by molar-refractivity contribution is 5.95. The first-order valence-electron chi connectivity index (χ1n) is 9.13. The van der Waals surface area contributed by atoms with Gasteiger partial charge in [0.15, 0.2) is 0 Å². The van der Waals surface area contributed by atoms with Crippen LogP contribution < -0.4 is 0 Å². The highest BCUT2D eigenvalue weighted by Crippen LogP contribution is 2.33. The second kappa shape index (κ2) is 8.05. The molecular weight excluding hydrogens is 320 g/mol. The molecule has 2 aromatic carbocycles. The number of fused-ring (bicyclic) bond motifs is 1. The number of aromatic nitrogens is 1. The largest absolute Gasteiger partial charge is 0.396 e. The van der Waals surface area contributed by atoms with E-state index < -0.39 is 0 Å². The second-order valence-corrected chi connectivity index (χ2v) is 6.66. The average molecular weight is 346 g/mol. The van der Waals surface area contributed by atoms with Crippen molar-refractivity contribution in [2.45, 2.75) is 33.2 Å². The van der Waals surface area contributed by atoms with Gasteiger partial charge in [-0.1, -0.05) is 74.1 Å². The Bertz CT molecular complexity index is 920. The molecule has 3 rings (SSSR count). The summed E-state index contributed by atoms with van der Waals surface area (Å²) >= 11 is 0. The van der Waals surface area contributed by atoms with Crippen LogP contribution in [-0.4, -0.2) is 17.4 Å². The lowest BCUT2D eigenvalue weighted by molar-refractivity contribution is 0.160. The smallest absolute Gasteiger partial charge is 0.114 e. The Hall–Kier alpha value is -2.81. The van der Waals surface area contributed by atoms with Crippen LogP contribution in [0, 0.1) is 0 Å². The summed E-state index contributed by atoms with van der Waals surface area (Å²) < 4.78 is 2.41. The summed E-state index contributed by atoms with van der Waals surface area (Å²) in [7, 11) is 0. The minimum atomic E-state index is 0.402. The van der Waals surface area contributed by atoms with Crippen LogP contribution in [0.15, 0.2) is 60.3 Å². The van der Waals surface area contributed by atoms with Crippen LogP contribution in [0.25, 0.3) is 17.0 Å². The molecule has 1 aromatic heterocycles. The molecule has 3 nitrogen and oxygen atoms in total. The van der Waals surface area contributed by atoms with Gasteiger partial charge >= 0.3 is 0 Å². The van der Waals surface area contributed by atoms with Crippen molar-refractivity contribution in [1.82, 2.24) is 4.57 Å². The Labute approximate surface area is 155 Å². The van der Waals surface area contributed by atoms with E-state index in [1.807, 2.05) is 13.0 Å². The van der Waals surface area contributed by atoms with Crippen molar-refractivity contribution < 1.29 is 4.84 Å². The Morgan fingerprint density at radius 2 is 1.92 bits per heavy atom. The van der Waals surface area contributed by atoms with E-state index in [2.05, 4.69) is 78.7 Å². The van der Waals surface area contributed by atoms with E-state index in [1.165, 1.54) is 27.7 Å². The van der Waals surface area contributed by atoms with E-state index in [4.69, 9.17) is 4.84 Å². The summed E-state index contributed by atoms with van der Waals surface area (Å²) in [6.07, 6.45) is 3.75. The maximum Gasteiger partial charge on any atom is 0.114 e.